The number of aliphatic carboxylic acids is 1. The Labute approximate surface area is 202 Å². The maximum Gasteiger partial charge on any atom is 0.416 e. The van der Waals surface area contributed by atoms with Crippen molar-refractivity contribution in [1.82, 2.24) is 0 Å². The molecule has 2 rings (SSSR count). The van der Waals surface area contributed by atoms with Crippen LogP contribution < -0.4 is 5.73 Å². The van der Waals surface area contributed by atoms with Gasteiger partial charge in [-0.05, 0) is 48.2 Å². The molecule has 0 aliphatic carbocycles. The van der Waals surface area contributed by atoms with Crippen molar-refractivity contribution < 1.29 is 45.2 Å². The molecule has 2 aromatic rings. The maximum absolute atomic E-state index is 12.2. The Morgan fingerprint density at radius 2 is 1.06 bits per heavy atom. The second kappa shape index (κ2) is 14.8. The largest absolute Gasteiger partial charge is 0.481 e. The van der Waals surface area contributed by atoms with Crippen molar-refractivity contribution in [3.63, 3.8) is 0 Å². The summed E-state index contributed by atoms with van der Waals surface area (Å²) in [7, 11) is 7.36. The van der Waals surface area contributed by atoms with Gasteiger partial charge >= 0.3 is 18.3 Å². The fourth-order valence-corrected chi connectivity index (χ4v) is 2.24. The zero-order valence-corrected chi connectivity index (χ0v) is 19.5. The minimum absolute atomic E-state index is 0.0780. The standard InChI is InChI=1S/C10H10F3NO.C10H9F3O2.Cl2OS/c2*11-10(12,13)8-4-1-7(2-5-8)3-6-9(14)15;1-4(2)3/h1-2,4-5H,3,6H2,(H2,14,15);1-2,4-5H,3,6H2,(H,14,15);. The van der Waals surface area contributed by atoms with E-state index >= 15 is 0 Å². The molecule has 0 radical (unpaired) electrons. The lowest BCUT2D eigenvalue weighted by Gasteiger charge is -2.06. The average Bonchev–Trinajstić information content (AvgIpc) is 2.70. The van der Waals surface area contributed by atoms with Crippen LogP contribution in [0.4, 0.5) is 26.3 Å². The number of carbonyl (C=O) groups excluding carboxylic acids is 1. The van der Waals surface area contributed by atoms with Crippen LogP contribution in [-0.4, -0.2) is 21.2 Å². The summed E-state index contributed by atoms with van der Waals surface area (Å²) in [4.78, 5) is 20.7. The normalized spacial score (nSPS) is 11.1. The third-order valence-corrected chi connectivity index (χ3v) is 3.85. The molecule has 34 heavy (non-hydrogen) atoms. The van der Waals surface area contributed by atoms with Crippen LogP contribution in [0.15, 0.2) is 48.5 Å². The van der Waals surface area contributed by atoms with E-state index in [2.05, 4.69) is 21.4 Å². The molecule has 0 fully saturated rings. The fourth-order valence-electron chi connectivity index (χ4n) is 2.24. The molecule has 0 atom stereocenters. The van der Waals surface area contributed by atoms with Gasteiger partial charge in [-0.3, -0.25) is 9.59 Å². The number of carboxylic acids is 1. The monoisotopic (exact) mass is 553 g/mol. The number of primary amides is 1. The predicted octanol–water partition coefficient (Wildman–Crippen LogP) is 5.89. The number of carbonyl (C=O) groups is 2. The Morgan fingerprint density at radius 1 is 0.765 bits per heavy atom. The van der Waals surface area contributed by atoms with Crippen LogP contribution in [-0.2, 0) is 44.0 Å². The summed E-state index contributed by atoms with van der Waals surface area (Å²) in [6.07, 6.45) is -7.98. The van der Waals surface area contributed by atoms with E-state index in [1.165, 1.54) is 24.3 Å². The molecule has 2 aromatic carbocycles. The minimum Gasteiger partial charge on any atom is -0.481 e. The molecular formula is C20H19Cl2F6NO4S. The van der Waals surface area contributed by atoms with E-state index in [-0.39, 0.29) is 19.3 Å². The molecule has 0 spiro atoms. The van der Waals surface area contributed by atoms with Crippen LogP contribution in [0.1, 0.15) is 35.1 Å². The summed E-state index contributed by atoms with van der Waals surface area (Å²) in [6.45, 7) is 0. The van der Waals surface area contributed by atoms with Crippen LogP contribution in [0.5, 0.6) is 0 Å². The third kappa shape index (κ3) is 15.5. The number of hydrogen-bond donors (Lipinski definition) is 2. The third-order valence-electron chi connectivity index (χ3n) is 3.85. The second-order valence-electron chi connectivity index (χ2n) is 6.43. The second-order valence-corrected chi connectivity index (χ2v) is 8.96. The Morgan fingerprint density at radius 3 is 1.29 bits per heavy atom. The lowest BCUT2D eigenvalue weighted by molar-refractivity contribution is -0.138. The molecule has 14 heteroatoms. The number of alkyl halides is 6. The first-order valence-corrected chi connectivity index (χ1v) is 11.9. The van der Waals surface area contributed by atoms with Gasteiger partial charge in [-0.1, -0.05) is 24.3 Å². The van der Waals surface area contributed by atoms with Crippen molar-refractivity contribution in [3.05, 3.63) is 70.8 Å². The Hall–Kier alpha value is -2.31. The van der Waals surface area contributed by atoms with Crippen LogP contribution in [0.3, 0.4) is 0 Å². The van der Waals surface area contributed by atoms with Crippen LogP contribution in [0, 0.1) is 0 Å². The average molecular weight is 554 g/mol. The topological polar surface area (TPSA) is 97.5 Å². The zero-order chi connectivity index (χ0) is 26.5. The van der Waals surface area contributed by atoms with Gasteiger partial charge in [0.05, 0.1) is 11.1 Å². The number of hydrogen-bond acceptors (Lipinski definition) is 3. The van der Waals surface area contributed by atoms with Gasteiger partial charge in [0, 0.05) is 34.2 Å². The van der Waals surface area contributed by atoms with E-state index in [0.717, 1.165) is 24.3 Å². The van der Waals surface area contributed by atoms with E-state index in [9.17, 15) is 35.9 Å². The molecule has 3 N–H and O–H groups in total. The maximum atomic E-state index is 12.2. The Balaban J connectivity index is 0.000000554. The van der Waals surface area contributed by atoms with Gasteiger partial charge in [-0.2, -0.15) is 26.3 Å². The molecule has 0 aliphatic rings. The number of nitrogens with two attached hydrogens (primary N) is 1. The summed E-state index contributed by atoms with van der Waals surface area (Å²) < 4.78 is 82.0. The first kappa shape index (κ1) is 31.7. The molecule has 190 valence electrons. The number of amides is 1. The number of benzene rings is 2. The van der Waals surface area contributed by atoms with E-state index in [0.29, 0.717) is 17.5 Å². The Bertz CT molecular complexity index is 861. The van der Waals surface area contributed by atoms with Gasteiger partial charge in [0.25, 0.3) is 0 Å². The van der Waals surface area contributed by atoms with Gasteiger partial charge in [-0.15, -0.1) is 0 Å². The van der Waals surface area contributed by atoms with E-state index in [1.807, 2.05) is 0 Å². The van der Waals surface area contributed by atoms with Crippen molar-refractivity contribution in [1.29, 1.82) is 0 Å². The molecule has 0 unspecified atom stereocenters. The molecular weight excluding hydrogens is 535 g/mol. The highest BCUT2D eigenvalue weighted by atomic mass is 36.0. The van der Waals surface area contributed by atoms with Gasteiger partial charge in [-0.25, -0.2) is 4.21 Å². The van der Waals surface area contributed by atoms with Gasteiger partial charge < -0.3 is 10.8 Å². The molecule has 0 saturated carbocycles. The van der Waals surface area contributed by atoms with Crippen LogP contribution in [0.25, 0.3) is 0 Å². The summed E-state index contributed by atoms with van der Waals surface area (Å²) >= 11 is 0. The highest BCUT2D eigenvalue weighted by molar-refractivity contribution is 8.26. The predicted molar refractivity (Wildman–Crippen MR) is 116 cm³/mol. The van der Waals surface area contributed by atoms with Crippen LogP contribution in [0.2, 0.25) is 0 Å². The molecule has 0 bridgehead atoms. The fraction of sp³-hybridized carbons (Fsp3) is 0.300. The number of rotatable bonds is 6. The van der Waals surface area contributed by atoms with Crippen molar-refractivity contribution in [2.24, 2.45) is 5.73 Å². The lowest BCUT2D eigenvalue weighted by Crippen LogP contribution is -2.11. The van der Waals surface area contributed by atoms with Crippen molar-refractivity contribution in [2.45, 2.75) is 38.0 Å². The Kier molecular flexibility index (Phi) is 13.8. The molecule has 0 heterocycles. The molecule has 1 amide bonds. The smallest absolute Gasteiger partial charge is 0.416 e. The summed E-state index contributed by atoms with van der Waals surface area (Å²) in [6, 6.07) is 9.20. The molecule has 0 aliphatic heterocycles. The first-order chi connectivity index (χ1) is 15.5. The van der Waals surface area contributed by atoms with E-state index < -0.39 is 44.6 Å². The summed E-state index contributed by atoms with van der Waals surface area (Å²) in [5, 5.41) is 8.38. The number of carboxylic acid groups (broad SMARTS) is 1. The zero-order valence-electron chi connectivity index (χ0n) is 17.1. The molecule has 5 nitrogen and oxygen atoms in total. The SMILES string of the molecule is NC(=O)CCc1ccc(C(F)(F)F)cc1.O=C(O)CCc1ccc(C(F)(F)F)cc1.O=S(Cl)Cl. The van der Waals surface area contributed by atoms with Gasteiger partial charge in [0.1, 0.15) is 0 Å². The number of aryl methyl sites for hydroxylation is 2. The van der Waals surface area contributed by atoms with Crippen molar-refractivity contribution >= 4 is 42.5 Å². The first-order valence-electron chi connectivity index (χ1n) is 9.09. The summed E-state index contributed by atoms with van der Waals surface area (Å²) in [5.41, 5.74) is 4.77. The van der Waals surface area contributed by atoms with E-state index in [4.69, 9.17) is 15.0 Å². The minimum atomic E-state index is -4.34. The highest BCUT2D eigenvalue weighted by Gasteiger charge is 2.30. The van der Waals surface area contributed by atoms with Gasteiger partial charge in [0.15, 0.2) is 0 Å². The van der Waals surface area contributed by atoms with Crippen LogP contribution >= 0.6 is 21.4 Å². The quantitative estimate of drug-likeness (QED) is 0.344. The number of halogens is 8. The van der Waals surface area contributed by atoms with Crippen molar-refractivity contribution in [3.8, 4) is 0 Å². The summed E-state index contributed by atoms with van der Waals surface area (Å²) in [5.74, 6) is -1.43. The molecule has 0 aromatic heterocycles. The molecule has 0 saturated heterocycles. The van der Waals surface area contributed by atoms with E-state index in [1.54, 1.807) is 0 Å². The van der Waals surface area contributed by atoms with Crippen molar-refractivity contribution in [2.75, 3.05) is 0 Å². The highest BCUT2D eigenvalue weighted by Crippen LogP contribution is 2.30. The van der Waals surface area contributed by atoms with Gasteiger partial charge in [0.2, 0.25) is 15.1 Å². The lowest BCUT2D eigenvalue weighted by atomic mass is 10.1.